The van der Waals surface area contributed by atoms with Crippen LogP contribution in [0, 0.1) is 0 Å². The van der Waals surface area contributed by atoms with E-state index in [0.717, 1.165) is 0 Å². The number of aliphatic hydroxyl groups is 1. The molecule has 3 nitrogen and oxygen atoms in total. The largest absolute Gasteiger partial charge is 0.508 e. The van der Waals surface area contributed by atoms with E-state index in [-0.39, 0.29) is 5.75 Å². The van der Waals surface area contributed by atoms with E-state index in [4.69, 9.17) is 16.7 Å². The molecule has 0 aliphatic heterocycles. The van der Waals surface area contributed by atoms with E-state index in [0.29, 0.717) is 17.1 Å². The van der Waals surface area contributed by atoms with Gasteiger partial charge in [-0.3, -0.25) is 0 Å². The van der Waals surface area contributed by atoms with Crippen molar-refractivity contribution >= 4 is 11.6 Å². The summed E-state index contributed by atoms with van der Waals surface area (Å²) in [4.78, 5) is 0. The lowest BCUT2D eigenvalue weighted by Gasteiger charge is -2.11. The van der Waals surface area contributed by atoms with E-state index >= 15 is 0 Å². The Balaban J connectivity index is 2.91. The van der Waals surface area contributed by atoms with Crippen LogP contribution in [-0.2, 0) is 0 Å². The number of rotatable bonds is 3. The van der Waals surface area contributed by atoms with Crippen molar-refractivity contribution in [1.29, 1.82) is 0 Å². The molecular weight excluding hydrogens is 190 g/mol. The van der Waals surface area contributed by atoms with Gasteiger partial charge in [-0.25, -0.2) is 0 Å². The second-order valence-corrected chi connectivity index (χ2v) is 3.19. The minimum absolute atomic E-state index is 0.106. The molecule has 4 heteroatoms. The van der Waals surface area contributed by atoms with Crippen molar-refractivity contribution in [2.24, 2.45) is 0 Å². The number of hydrogen-bond acceptors (Lipinski definition) is 3. The first-order valence-electron chi connectivity index (χ1n) is 3.96. The molecule has 0 aromatic heterocycles. The van der Waals surface area contributed by atoms with Gasteiger partial charge in [-0.15, -0.1) is 0 Å². The number of aromatic hydroxyl groups is 1. The van der Waals surface area contributed by atoms with Crippen LogP contribution < -0.4 is 5.32 Å². The molecule has 72 valence electrons. The van der Waals surface area contributed by atoms with Gasteiger partial charge in [-0.1, -0.05) is 11.6 Å². The molecule has 13 heavy (non-hydrogen) atoms. The summed E-state index contributed by atoms with van der Waals surface area (Å²) in [5.41, 5.74) is 0.538. The van der Waals surface area contributed by atoms with Gasteiger partial charge in [0.1, 0.15) is 5.75 Å². The topological polar surface area (TPSA) is 52.5 Å². The summed E-state index contributed by atoms with van der Waals surface area (Å²) in [7, 11) is 1.74. The van der Waals surface area contributed by atoms with Crippen molar-refractivity contribution < 1.29 is 10.2 Å². The summed E-state index contributed by atoms with van der Waals surface area (Å²) >= 11 is 5.83. The molecule has 0 aliphatic carbocycles. The van der Waals surface area contributed by atoms with Crippen LogP contribution in [-0.4, -0.2) is 23.8 Å². The molecule has 0 aliphatic rings. The molecule has 1 rings (SSSR count). The predicted octanol–water partition coefficient (Wildman–Crippen LogP) is 1.30. The molecule has 1 aromatic rings. The van der Waals surface area contributed by atoms with E-state index in [1.54, 1.807) is 13.1 Å². The number of phenolic OH excluding ortho intramolecular Hbond substituents is 1. The molecule has 0 saturated carbocycles. The average molecular weight is 202 g/mol. The number of aliphatic hydroxyl groups excluding tert-OH is 1. The zero-order chi connectivity index (χ0) is 9.84. The van der Waals surface area contributed by atoms with Gasteiger partial charge in [0.05, 0.1) is 6.10 Å². The minimum Gasteiger partial charge on any atom is -0.508 e. The maximum Gasteiger partial charge on any atom is 0.116 e. The lowest BCUT2D eigenvalue weighted by Crippen LogP contribution is -2.16. The maximum absolute atomic E-state index is 9.57. The standard InChI is InChI=1S/C9H12ClNO2/c1-11-5-9(13)7-4-6(12)2-3-8(7)10/h2-4,9,11-13H,5H2,1H3. The first-order chi connectivity index (χ1) is 6.15. The Morgan fingerprint density at radius 3 is 2.85 bits per heavy atom. The van der Waals surface area contributed by atoms with Crippen molar-refractivity contribution in [2.75, 3.05) is 13.6 Å². The van der Waals surface area contributed by atoms with Crippen LogP contribution in [0.4, 0.5) is 0 Å². The van der Waals surface area contributed by atoms with Crippen molar-refractivity contribution in [3.05, 3.63) is 28.8 Å². The Morgan fingerprint density at radius 1 is 1.54 bits per heavy atom. The summed E-state index contributed by atoms with van der Waals surface area (Å²) < 4.78 is 0. The third-order valence-corrected chi connectivity index (χ3v) is 2.08. The number of benzene rings is 1. The fourth-order valence-electron chi connectivity index (χ4n) is 1.09. The van der Waals surface area contributed by atoms with Gasteiger partial charge in [-0.05, 0) is 25.2 Å². The fourth-order valence-corrected chi connectivity index (χ4v) is 1.33. The molecule has 0 radical (unpaired) electrons. The lowest BCUT2D eigenvalue weighted by molar-refractivity contribution is 0.177. The number of phenols is 1. The highest BCUT2D eigenvalue weighted by atomic mass is 35.5. The van der Waals surface area contributed by atoms with Gasteiger partial charge in [0.2, 0.25) is 0 Å². The molecule has 0 bridgehead atoms. The van der Waals surface area contributed by atoms with Crippen LogP contribution in [0.15, 0.2) is 18.2 Å². The van der Waals surface area contributed by atoms with Crippen molar-refractivity contribution in [3.8, 4) is 5.75 Å². The summed E-state index contributed by atoms with van der Waals surface area (Å²) in [6.07, 6.45) is -0.690. The number of hydrogen-bond donors (Lipinski definition) is 3. The predicted molar refractivity (Wildman–Crippen MR) is 52.0 cm³/mol. The summed E-state index contributed by atoms with van der Waals surface area (Å²) in [6, 6.07) is 4.51. The van der Waals surface area contributed by atoms with E-state index < -0.39 is 6.10 Å². The molecule has 0 fully saturated rings. The maximum atomic E-state index is 9.57. The van der Waals surface area contributed by atoms with Crippen LogP contribution in [0.25, 0.3) is 0 Å². The lowest BCUT2D eigenvalue weighted by atomic mass is 10.1. The Hall–Kier alpha value is -0.770. The van der Waals surface area contributed by atoms with Crippen molar-refractivity contribution in [1.82, 2.24) is 5.32 Å². The molecule has 1 atom stereocenters. The van der Waals surface area contributed by atoms with E-state index in [1.807, 2.05) is 0 Å². The molecular formula is C9H12ClNO2. The SMILES string of the molecule is CNCC(O)c1cc(O)ccc1Cl. The Bertz CT molecular complexity index is 291. The van der Waals surface area contributed by atoms with E-state index in [1.165, 1.54) is 12.1 Å². The Labute approximate surface area is 82.0 Å². The average Bonchev–Trinajstić information content (AvgIpc) is 2.09. The normalized spacial score (nSPS) is 12.8. The first-order valence-corrected chi connectivity index (χ1v) is 4.34. The third kappa shape index (κ3) is 2.59. The van der Waals surface area contributed by atoms with E-state index in [2.05, 4.69) is 5.32 Å². The smallest absolute Gasteiger partial charge is 0.116 e. The molecule has 3 N–H and O–H groups in total. The van der Waals surface area contributed by atoms with Gasteiger partial charge >= 0.3 is 0 Å². The second kappa shape index (κ2) is 4.46. The Morgan fingerprint density at radius 2 is 2.23 bits per heavy atom. The second-order valence-electron chi connectivity index (χ2n) is 2.78. The third-order valence-electron chi connectivity index (χ3n) is 1.74. The highest BCUT2D eigenvalue weighted by molar-refractivity contribution is 6.31. The molecule has 0 saturated heterocycles. The summed E-state index contributed by atoms with van der Waals surface area (Å²) in [5.74, 6) is 0.106. The van der Waals surface area contributed by atoms with Gasteiger partial charge in [0.15, 0.2) is 0 Å². The molecule has 0 heterocycles. The van der Waals surface area contributed by atoms with Crippen LogP contribution in [0.5, 0.6) is 5.75 Å². The van der Waals surface area contributed by atoms with Crippen molar-refractivity contribution in [2.45, 2.75) is 6.10 Å². The van der Waals surface area contributed by atoms with Crippen LogP contribution in [0.1, 0.15) is 11.7 Å². The Kier molecular flexibility index (Phi) is 3.54. The summed E-state index contributed by atoms with van der Waals surface area (Å²) in [6.45, 7) is 0.406. The van der Waals surface area contributed by atoms with Crippen LogP contribution in [0.2, 0.25) is 5.02 Å². The quantitative estimate of drug-likeness (QED) is 0.691. The van der Waals surface area contributed by atoms with Gasteiger partial charge in [0.25, 0.3) is 0 Å². The number of likely N-dealkylation sites (N-methyl/N-ethyl adjacent to an activating group) is 1. The fraction of sp³-hybridized carbons (Fsp3) is 0.333. The number of halogens is 1. The van der Waals surface area contributed by atoms with E-state index in [9.17, 15) is 5.11 Å². The monoisotopic (exact) mass is 201 g/mol. The minimum atomic E-state index is -0.690. The molecule has 0 amide bonds. The molecule has 1 aromatic carbocycles. The zero-order valence-corrected chi connectivity index (χ0v) is 8.04. The van der Waals surface area contributed by atoms with Crippen molar-refractivity contribution in [3.63, 3.8) is 0 Å². The number of nitrogens with one attached hydrogen (secondary N) is 1. The molecule has 1 unspecified atom stereocenters. The van der Waals surface area contributed by atoms with Crippen LogP contribution >= 0.6 is 11.6 Å². The van der Waals surface area contributed by atoms with Gasteiger partial charge < -0.3 is 15.5 Å². The highest BCUT2D eigenvalue weighted by Crippen LogP contribution is 2.26. The summed E-state index contributed by atoms with van der Waals surface area (Å²) in [5, 5.41) is 22.0. The first kappa shape index (κ1) is 10.3. The van der Waals surface area contributed by atoms with Gasteiger partial charge in [0, 0.05) is 17.1 Å². The van der Waals surface area contributed by atoms with Gasteiger partial charge in [-0.2, -0.15) is 0 Å². The van der Waals surface area contributed by atoms with Crippen LogP contribution in [0.3, 0.4) is 0 Å². The highest BCUT2D eigenvalue weighted by Gasteiger charge is 2.10. The molecule has 0 spiro atoms. The zero-order valence-electron chi connectivity index (χ0n) is 7.29.